The number of hydrogen-bond acceptors (Lipinski definition) is 4. The van der Waals surface area contributed by atoms with Gasteiger partial charge in [-0.3, -0.25) is 4.79 Å². The molecule has 5 heteroatoms. The summed E-state index contributed by atoms with van der Waals surface area (Å²) in [5.41, 5.74) is 7.02. The van der Waals surface area contributed by atoms with Gasteiger partial charge in [0.15, 0.2) is 11.5 Å². The molecule has 0 heterocycles. The van der Waals surface area contributed by atoms with Crippen LogP contribution < -0.4 is 20.5 Å². The van der Waals surface area contributed by atoms with Crippen LogP contribution >= 0.6 is 0 Å². The number of amides is 1. The van der Waals surface area contributed by atoms with Gasteiger partial charge in [-0.2, -0.15) is 0 Å². The van der Waals surface area contributed by atoms with Gasteiger partial charge in [-0.15, -0.1) is 0 Å². The molecular weight excluding hydrogens is 328 g/mol. The molecule has 1 unspecified atom stereocenters. The van der Waals surface area contributed by atoms with Crippen molar-refractivity contribution >= 4 is 5.91 Å². The minimum Gasteiger partial charge on any atom is -0.490 e. The van der Waals surface area contributed by atoms with Gasteiger partial charge in [-0.25, -0.2) is 0 Å². The maximum atomic E-state index is 12.5. The van der Waals surface area contributed by atoms with Crippen molar-refractivity contribution in [1.82, 2.24) is 5.32 Å². The first-order valence-electron chi connectivity index (χ1n) is 9.00. The van der Waals surface area contributed by atoms with Crippen molar-refractivity contribution < 1.29 is 14.3 Å². The largest absolute Gasteiger partial charge is 0.490 e. The zero-order valence-corrected chi connectivity index (χ0v) is 15.7. The van der Waals surface area contributed by atoms with Crippen molar-refractivity contribution in [2.24, 2.45) is 5.73 Å². The molecule has 0 aliphatic rings. The van der Waals surface area contributed by atoms with Gasteiger partial charge in [0, 0.05) is 6.54 Å². The van der Waals surface area contributed by atoms with Crippen LogP contribution in [0.1, 0.15) is 31.9 Å². The van der Waals surface area contributed by atoms with Crippen LogP contribution in [-0.2, 0) is 16.8 Å². The van der Waals surface area contributed by atoms with E-state index in [1.165, 1.54) is 0 Å². The second-order valence-electron chi connectivity index (χ2n) is 6.22. The second kappa shape index (κ2) is 9.25. The molecule has 26 heavy (non-hydrogen) atoms. The molecule has 0 radical (unpaired) electrons. The maximum Gasteiger partial charge on any atom is 0.244 e. The minimum absolute atomic E-state index is 0.195. The highest BCUT2D eigenvalue weighted by Gasteiger charge is 2.29. The summed E-state index contributed by atoms with van der Waals surface area (Å²) in [5.74, 6) is 1.27. The Kier molecular flexibility index (Phi) is 7.04. The zero-order valence-electron chi connectivity index (χ0n) is 15.7. The van der Waals surface area contributed by atoms with Gasteiger partial charge in [0.05, 0.1) is 13.2 Å². The summed E-state index contributed by atoms with van der Waals surface area (Å²) in [7, 11) is 0. The Bertz CT molecular complexity index is 714. The molecule has 0 aliphatic carbocycles. The fraction of sp³-hybridized carbons (Fsp3) is 0.381. The monoisotopic (exact) mass is 356 g/mol. The Labute approximate surface area is 155 Å². The molecule has 0 saturated carbocycles. The molecule has 0 bridgehead atoms. The lowest BCUT2D eigenvalue weighted by atomic mass is 9.92. The van der Waals surface area contributed by atoms with Crippen molar-refractivity contribution in [2.45, 2.75) is 32.7 Å². The average Bonchev–Trinajstić information content (AvgIpc) is 2.64. The number of ether oxygens (including phenoxy) is 2. The molecular formula is C21H28N2O3. The van der Waals surface area contributed by atoms with E-state index in [1.807, 2.05) is 62.4 Å². The van der Waals surface area contributed by atoms with Crippen LogP contribution in [0.4, 0.5) is 0 Å². The normalized spacial score (nSPS) is 12.9. The minimum atomic E-state index is -1.06. The summed E-state index contributed by atoms with van der Waals surface area (Å²) in [6.45, 7) is 7.26. The molecule has 0 aromatic heterocycles. The number of carbonyl (C=O) groups excluding carboxylic acids is 1. The highest BCUT2D eigenvalue weighted by atomic mass is 16.5. The van der Waals surface area contributed by atoms with Crippen LogP contribution in [0, 0.1) is 0 Å². The quantitative estimate of drug-likeness (QED) is 0.724. The zero-order chi connectivity index (χ0) is 19.0. The van der Waals surface area contributed by atoms with Crippen molar-refractivity contribution in [3.63, 3.8) is 0 Å². The Morgan fingerprint density at radius 2 is 1.69 bits per heavy atom. The molecule has 0 spiro atoms. The van der Waals surface area contributed by atoms with Crippen LogP contribution in [0.3, 0.4) is 0 Å². The van der Waals surface area contributed by atoms with Gasteiger partial charge in [0.2, 0.25) is 5.91 Å². The van der Waals surface area contributed by atoms with Crippen LogP contribution in [0.5, 0.6) is 11.5 Å². The summed E-state index contributed by atoms with van der Waals surface area (Å²) in [6, 6.07) is 15.2. The van der Waals surface area contributed by atoms with Crippen LogP contribution in [-0.4, -0.2) is 25.7 Å². The van der Waals surface area contributed by atoms with Crippen molar-refractivity contribution in [3.8, 4) is 11.5 Å². The first-order valence-corrected chi connectivity index (χ1v) is 9.00. The van der Waals surface area contributed by atoms with E-state index in [0.29, 0.717) is 26.2 Å². The van der Waals surface area contributed by atoms with Gasteiger partial charge in [-0.1, -0.05) is 36.4 Å². The Morgan fingerprint density at radius 3 is 2.35 bits per heavy atom. The van der Waals surface area contributed by atoms with E-state index in [0.717, 1.165) is 22.6 Å². The van der Waals surface area contributed by atoms with Gasteiger partial charge in [0.25, 0.3) is 0 Å². The summed E-state index contributed by atoms with van der Waals surface area (Å²) in [4.78, 5) is 12.5. The Balaban J connectivity index is 1.96. The lowest BCUT2D eigenvalue weighted by Crippen LogP contribution is -2.49. The van der Waals surface area contributed by atoms with Gasteiger partial charge < -0.3 is 20.5 Å². The van der Waals surface area contributed by atoms with E-state index >= 15 is 0 Å². The van der Waals surface area contributed by atoms with Crippen LogP contribution in [0.2, 0.25) is 0 Å². The summed E-state index contributed by atoms with van der Waals surface area (Å²) in [5, 5.41) is 2.93. The summed E-state index contributed by atoms with van der Waals surface area (Å²) < 4.78 is 11.2. The number of benzene rings is 2. The first-order chi connectivity index (χ1) is 12.5. The third kappa shape index (κ3) is 4.99. The summed E-state index contributed by atoms with van der Waals surface area (Å²) >= 11 is 0. The fourth-order valence-corrected chi connectivity index (χ4v) is 2.67. The molecule has 1 atom stereocenters. The number of nitrogens with two attached hydrogens (primary N) is 1. The third-order valence-corrected chi connectivity index (χ3v) is 4.15. The van der Waals surface area contributed by atoms with Crippen molar-refractivity contribution in [3.05, 3.63) is 59.7 Å². The highest BCUT2D eigenvalue weighted by molar-refractivity contribution is 5.86. The maximum absolute atomic E-state index is 12.5. The molecule has 2 aromatic carbocycles. The van der Waals surface area contributed by atoms with Gasteiger partial charge >= 0.3 is 0 Å². The molecule has 0 aliphatic heterocycles. The standard InChI is InChI=1S/C21H28N2O3/c1-4-25-18-12-11-16(15-19(18)26-5-2)13-14-23-20(24)21(3,22)17-9-7-6-8-10-17/h6-12,15H,4-5,13-14,22H2,1-3H3,(H,23,24). The van der Waals surface area contributed by atoms with Crippen molar-refractivity contribution in [1.29, 1.82) is 0 Å². The van der Waals surface area contributed by atoms with Gasteiger partial charge in [-0.05, 0) is 50.5 Å². The fourth-order valence-electron chi connectivity index (χ4n) is 2.67. The molecule has 2 aromatic rings. The Morgan fingerprint density at radius 1 is 1.04 bits per heavy atom. The number of carbonyl (C=O) groups is 1. The van der Waals surface area contributed by atoms with E-state index in [-0.39, 0.29) is 5.91 Å². The van der Waals surface area contributed by atoms with E-state index < -0.39 is 5.54 Å². The molecule has 0 saturated heterocycles. The van der Waals surface area contributed by atoms with Crippen molar-refractivity contribution in [2.75, 3.05) is 19.8 Å². The average molecular weight is 356 g/mol. The highest BCUT2D eigenvalue weighted by Crippen LogP contribution is 2.28. The number of nitrogens with one attached hydrogen (secondary N) is 1. The second-order valence-corrected chi connectivity index (χ2v) is 6.22. The molecule has 5 nitrogen and oxygen atoms in total. The predicted molar refractivity (Wildman–Crippen MR) is 103 cm³/mol. The molecule has 1 amide bonds. The smallest absolute Gasteiger partial charge is 0.244 e. The first kappa shape index (κ1) is 19.8. The number of hydrogen-bond donors (Lipinski definition) is 2. The van der Waals surface area contributed by atoms with E-state index in [9.17, 15) is 4.79 Å². The third-order valence-electron chi connectivity index (χ3n) is 4.15. The summed E-state index contributed by atoms with van der Waals surface area (Å²) in [6.07, 6.45) is 0.684. The number of rotatable bonds is 9. The molecule has 0 fully saturated rings. The predicted octanol–water partition coefficient (Wildman–Crippen LogP) is 3.02. The molecule has 3 N–H and O–H groups in total. The van der Waals surface area contributed by atoms with E-state index in [1.54, 1.807) is 6.92 Å². The van der Waals surface area contributed by atoms with E-state index in [2.05, 4.69) is 5.32 Å². The topological polar surface area (TPSA) is 73.6 Å². The Hall–Kier alpha value is -2.53. The van der Waals surface area contributed by atoms with E-state index in [4.69, 9.17) is 15.2 Å². The lowest BCUT2D eigenvalue weighted by Gasteiger charge is -2.24. The molecule has 140 valence electrons. The van der Waals surface area contributed by atoms with Gasteiger partial charge in [0.1, 0.15) is 5.54 Å². The lowest BCUT2D eigenvalue weighted by molar-refractivity contribution is -0.126. The molecule has 2 rings (SSSR count). The van der Waals surface area contributed by atoms with Crippen LogP contribution in [0.15, 0.2) is 48.5 Å². The van der Waals surface area contributed by atoms with Crippen LogP contribution in [0.25, 0.3) is 0 Å². The SMILES string of the molecule is CCOc1ccc(CCNC(=O)C(C)(N)c2ccccc2)cc1OCC.